The highest BCUT2D eigenvalue weighted by molar-refractivity contribution is 5.76. The van der Waals surface area contributed by atoms with Crippen LogP contribution in [0.2, 0.25) is 0 Å². The van der Waals surface area contributed by atoms with Crippen molar-refractivity contribution in [2.45, 2.75) is 0 Å². The van der Waals surface area contributed by atoms with Crippen LogP contribution in [0, 0.1) is 0 Å². The van der Waals surface area contributed by atoms with Crippen LogP contribution in [-0.4, -0.2) is 91.3 Å². The number of nitrogens with two attached hydrogens (primary N) is 3. The van der Waals surface area contributed by atoms with Crippen molar-refractivity contribution in [3.8, 4) is 0 Å². The summed E-state index contributed by atoms with van der Waals surface area (Å²) < 4.78 is 0. The van der Waals surface area contributed by atoms with Crippen LogP contribution in [-0.2, 0) is 14.4 Å². The Kier molecular flexibility index (Phi) is 7.06. The second-order valence-electron chi connectivity index (χ2n) is 5.23. The van der Waals surface area contributed by atoms with E-state index < -0.39 is 17.7 Å². The molecule has 0 bridgehead atoms. The number of hydrogen-bond donors (Lipinski definition) is 3. The van der Waals surface area contributed by atoms with E-state index in [0.717, 1.165) is 0 Å². The van der Waals surface area contributed by atoms with Crippen molar-refractivity contribution in [3.63, 3.8) is 0 Å². The van der Waals surface area contributed by atoms with Crippen LogP contribution in [0.1, 0.15) is 0 Å². The van der Waals surface area contributed by atoms with E-state index in [1.165, 1.54) is 0 Å². The van der Waals surface area contributed by atoms with E-state index in [9.17, 15) is 14.4 Å². The molecule has 1 fully saturated rings. The fourth-order valence-corrected chi connectivity index (χ4v) is 2.32. The Labute approximate surface area is 124 Å². The quantitative estimate of drug-likeness (QED) is 0.462. The van der Waals surface area contributed by atoms with Gasteiger partial charge in [-0.2, -0.15) is 0 Å². The average Bonchev–Trinajstić information content (AvgIpc) is 2.42. The van der Waals surface area contributed by atoms with E-state index in [1.54, 1.807) is 0 Å². The fourth-order valence-electron chi connectivity index (χ4n) is 2.32. The van der Waals surface area contributed by atoms with Gasteiger partial charge in [-0.25, -0.2) is 0 Å². The van der Waals surface area contributed by atoms with Gasteiger partial charge in [-0.1, -0.05) is 0 Å². The van der Waals surface area contributed by atoms with Gasteiger partial charge in [0.2, 0.25) is 17.7 Å². The van der Waals surface area contributed by atoms with Gasteiger partial charge in [0.25, 0.3) is 0 Å². The van der Waals surface area contributed by atoms with Crippen LogP contribution in [0.4, 0.5) is 0 Å². The minimum absolute atomic E-state index is 0.148. The number of carbonyl (C=O) groups excluding carboxylic acids is 3. The van der Waals surface area contributed by atoms with Crippen molar-refractivity contribution >= 4 is 17.7 Å². The highest BCUT2D eigenvalue weighted by Crippen LogP contribution is 2.00. The summed E-state index contributed by atoms with van der Waals surface area (Å²) in [6, 6.07) is 0. The Morgan fingerprint density at radius 1 is 0.571 bits per heavy atom. The summed E-state index contributed by atoms with van der Waals surface area (Å²) in [6.45, 7) is 4.11. The first-order chi connectivity index (χ1) is 9.86. The maximum atomic E-state index is 11.1. The van der Waals surface area contributed by atoms with Crippen LogP contribution in [0.25, 0.3) is 0 Å². The number of carbonyl (C=O) groups is 3. The van der Waals surface area contributed by atoms with Gasteiger partial charge in [0.1, 0.15) is 0 Å². The van der Waals surface area contributed by atoms with E-state index in [-0.39, 0.29) is 19.6 Å². The van der Waals surface area contributed by atoms with Gasteiger partial charge >= 0.3 is 0 Å². The van der Waals surface area contributed by atoms with E-state index in [0.29, 0.717) is 39.3 Å². The van der Waals surface area contributed by atoms with Gasteiger partial charge in [0.15, 0.2) is 0 Å². The van der Waals surface area contributed by atoms with Crippen LogP contribution in [0.15, 0.2) is 0 Å². The lowest BCUT2D eigenvalue weighted by atomic mass is 10.4. The molecule has 0 unspecified atom stereocenters. The lowest BCUT2D eigenvalue weighted by Crippen LogP contribution is -2.42. The monoisotopic (exact) mass is 300 g/mol. The third-order valence-corrected chi connectivity index (χ3v) is 3.34. The van der Waals surface area contributed by atoms with Gasteiger partial charge in [-0.15, -0.1) is 0 Å². The number of primary amides is 3. The summed E-state index contributed by atoms with van der Waals surface area (Å²) in [5, 5.41) is 0. The van der Waals surface area contributed by atoms with E-state index in [1.807, 2.05) is 14.7 Å². The zero-order valence-electron chi connectivity index (χ0n) is 12.2. The predicted octanol–water partition coefficient (Wildman–Crippen LogP) is -3.64. The molecule has 0 saturated carbocycles. The van der Waals surface area contributed by atoms with Gasteiger partial charge in [0, 0.05) is 39.3 Å². The Hall–Kier alpha value is -1.71. The predicted molar refractivity (Wildman–Crippen MR) is 76.9 cm³/mol. The van der Waals surface area contributed by atoms with Crippen molar-refractivity contribution in [2.24, 2.45) is 17.2 Å². The Morgan fingerprint density at radius 3 is 0.905 bits per heavy atom. The largest absolute Gasteiger partial charge is 0.369 e. The molecule has 120 valence electrons. The van der Waals surface area contributed by atoms with Gasteiger partial charge in [0.05, 0.1) is 19.6 Å². The highest BCUT2D eigenvalue weighted by atomic mass is 16.2. The fraction of sp³-hybridized carbons (Fsp3) is 0.750. The molecule has 0 radical (unpaired) electrons. The van der Waals surface area contributed by atoms with E-state index in [2.05, 4.69) is 0 Å². The molecule has 6 N–H and O–H groups in total. The third kappa shape index (κ3) is 7.59. The average molecular weight is 300 g/mol. The molecule has 9 nitrogen and oxygen atoms in total. The first kappa shape index (κ1) is 17.3. The highest BCUT2D eigenvalue weighted by Gasteiger charge is 2.19. The summed E-state index contributed by atoms with van der Waals surface area (Å²) in [4.78, 5) is 38.9. The topological polar surface area (TPSA) is 139 Å². The first-order valence-electron chi connectivity index (χ1n) is 6.89. The van der Waals surface area contributed by atoms with Crippen molar-refractivity contribution in [1.29, 1.82) is 0 Å². The summed E-state index contributed by atoms with van der Waals surface area (Å²) in [5.74, 6) is -1.22. The molecule has 0 aromatic heterocycles. The maximum absolute atomic E-state index is 11.1. The summed E-state index contributed by atoms with van der Waals surface area (Å²) in [6.07, 6.45) is 0. The molecule has 1 rings (SSSR count). The molecule has 1 aliphatic rings. The molecule has 1 aliphatic heterocycles. The maximum Gasteiger partial charge on any atom is 0.231 e. The van der Waals surface area contributed by atoms with Crippen LogP contribution >= 0.6 is 0 Å². The van der Waals surface area contributed by atoms with Gasteiger partial charge in [-0.05, 0) is 0 Å². The molecule has 3 amide bonds. The normalized spacial score (nSPS) is 19.4. The minimum atomic E-state index is -0.405. The minimum Gasteiger partial charge on any atom is -0.369 e. The lowest BCUT2D eigenvalue weighted by Gasteiger charge is -2.23. The van der Waals surface area contributed by atoms with Gasteiger partial charge in [-0.3, -0.25) is 29.1 Å². The molecule has 0 atom stereocenters. The Morgan fingerprint density at radius 2 is 0.762 bits per heavy atom. The molecular weight excluding hydrogens is 276 g/mol. The Bertz CT molecular complexity index is 320. The third-order valence-electron chi connectivity index (χ3n) is 3.34. The van der Waals surface area contributed by atoms with Crippen molar-refractivity contribution in [2.75, 3.05) is 58.9 Å². The van der Waals surface area contributed by atoms with E-state index in [4.69, 9.17) is 17.2 Å². The van der Waals surface area contributed by atoms with Crippen molar-refractivity contribution in [3.05, 3.63) is 0 Å². The standard InChI is InChI=1S/C12H24N6O3/c13-10(19)7-16-1-2-17(8-11(14)20)5-6-18(4-3-16)9-12(15)21/h1-9H2,(H2,13,19)(H2,14,20)(H2,15,21). The number of hydrogen-bond acceptors (Lipinski definition) is 6. The zero-order chi connectivity index (χ0) is 15.8. The Balaban J connectivity index is 2.68. The van der Waals surface area contributed by atoms with Crippen LogP contribution in [0.5, 0.6) is 0 Å². The molecule has 0 aromatic rings. The number of rotatable bonds is 6. The van der Waals surface area contributed by atoms with Crippen LogP contribution < -0.4 is 17.2 Å². The molecular formula is C12H24N6O3. The van der Waals surface area contributed by atoms with E-state index >= 15 is 0 Å². The summed E-state index contributed by atoms with van der Waals surface area (Å²) >= 11 is 0. The second kappa shape index (κ2) is 8.55. The second-order valence-corrected chi connectivity index (χ2v) is 5.23. The molecule has 1 saturated heterocycles. The summed E-state index contributed by atoms with van der Waals surface area (Å²) in [5.41, 5.74) is 15.7. The van der Waals surface area contributed by atoms with Crippen molar-refractivity contribution < 1.29 is 14.4 Å². The molecule has 0 aliphatic carbocycles. The number of nitrogens with zero attached hydrogens (tertiary/aromatic N) is 3. The first-order valence-corrected chi connectivity index (χ1v) is 6.89. The SMILES string of the molecule is NC(=O)CN1CCN(CC(N)=O)CCN(CC(N)=O)CC1. The summed E-state index contributed by atoms with van der Waals surface area (Å²) in [7, 11) is 0. The molecule has 21 heavy (non-hydrogen) atoms. The molecule has 0 spiro atoms. The molecule has 0 aromatic carbocycles. The number of amides is 3. The van der Waals surface area contributed by atoms with Gasteiger partial charge < -0.3 is 17.2 Å². The van der Waals surface area contributed by atoms with Crippen molar-refractivity contribution in [1.82, 2.24) is 14.7 Å². The smallest absolute Gasteiger partial charge is 0.231 e. The molecule has 9 heteroatoms. The van der Waals surface area contributed by atoms with Crippen LogP contribution in [0.3, 0.4) is 0 Å². The zero-order valence-corrected chi connectivity index (χ0v) is 12.2. The molecule has 1 heterocycles. The lowest BCUT2D eigenvalue weighted by molar-refractivity contribution is -0.120.